The van der Waals surface area contributed by atoms with Gasteiger partial charge in [-0.2, -0.15) is 5.10 Å². The third kappa shape index (κ3) is 2.92. The lowest BCUT2D eigenvalue weighted by atomic mass is 10.1. The minimum Gasteiger partial charge on any atom is -0.478 e. The Balaban J connectivity index is 1.72. The van der Waals surface area contributed by atoms with Gasteiger partial charge >= 0.3 is 5.97 Å². The van der Waals surface area contributed by atoms with E-state index >= 15 is 0 Å². The fourth-order valence-electron chi connectivity index (χ4n) is 2.85. The first-order valence-corrected chi connectivity index (χ1v) is 8.46. The van der Waals surface area contributed by atoms with Crippen LogP contribution in [-0.4, -0.2) is 20.9 Å². The van der Waals surface area contributed by atoms with Crippen LogP contribution in [0.1, 0.15) is 15.2 Å². The minimum absolute atomic E-state index is 0.0765. The highest BCUT2D eigenvalue weighted by Crippen LogP contribution is 2.29. The minimum atomic E-state index is -1.16. The van der Waals surface area contributed by atoms with Crippen molar-refractivity contribution in [1.29, 1.82) is 0 Å². The molecular weight excluding hydrogens is 339 g/mol. The van der Waals surface area contributed by atoms with Crippen LogP contribution >= 0.6 is 11.3 Å². The van der Waals surface area contributed by atoms with Gasteiger partial charge in [0, 0.05) is 15.1 Å². The van der Waals surface area contributed by atoms with Crippen LogP contribution in [0.25, 0.3) is 21.3 Å². The molecule has 0 aliphatic heterocycles. The third-order valence-electron chi connectivity index (χ3n) is 3.95. The first kappa shape index (κ1) is 15.5. The summed E-state index contributed by atoms with van der Waals surface area (Å²) in [6.45, 7) is 0.437. The van der Waals surface area contributed by atoms with Crippen LogP contribution in [-0.2, 0) is 6.54 Å². The van der Waals surface area contributed by atoms with E-state index in [0.29, 0.717) is 17.4 Å². The number of nitrogens with zero attached hydrogens (tertiary/aromatic N) is 2. The highest BCUT2D eigenvalue weighted by atomic mass is 32.1. The molecule has 4 rings (SSSR count). The molecule has 0 atom stereocenters. The number of halogens is 1. The summed E-state index contributed by atoms with van der Waals surface area (Å²) in [5.74, 6) is -1.74. The quantitative estimate of drug-likeness (QED) is 0.582. The lowest BCUT2D eigenvalue weighted by Crippen LogP contribution is -2.06. The number of benzene rings is 2. The summed E-state index contributed by atoms with van der Waals surface area (Å²) in [6.07, 6.45) is 1.50. The van der Waals surface area contributed by atoms with Crippen molar-refractivity contribution in [2.45, 2.75) is 6.54 Å². The van der Waals surface area contributed by atoms with Crippen LogP contribution in [0, 0.1) is 5.82 Å². The van der Waals surface area contributed by atoms with Crippen molar-refractivity contribution in [3.05, 3.63) is 77.1 Å². The average Bonchev–Trinajstić information content (AvgIpc) is 3.23. The van der Waals surface area contributed by atoms with Crippen LogP contribution in [0.4, 0.5) is 4.39 Å². The van der Waals surface area contributed by atoms with Gasteiger partial charge in [-0.15, -0.1) is 11.3 Å². The summed E-state index contributed by atoms with van der Waals surface area (Å²) in [5, 5.41) is 14.1. The summed E-state index contributed by atoms with van der Waals surface area (Å²) in [4.78, 5) is 13.6. The molecule has 0 aliphatic rings. The number of hydrogen-bond donors (Lipinski definition) is 1. The van der Waals surface area contributed by atoms with E-state index < -0.39 is 11.8 Å². The molecule has 0 bridgehead atoms. The second-order valence-electron chi connectivity index (χ2n) is 5.63. The summed E-state index contributed by atoms with van der Waals surface area (Å²) in [7, 11) is 0. The molecule has 0 saturated heterocycles. The highest BCUT2D eigenvalue weighted by Gasteiger charge is 2.16. The predicted octanol–water partition coefficient (Wildman–Crippen LogP) is 4.65. The smallest absolute Gasteiger partial charge is 0.338 e. The number of carboxylic acids is 1. The number of aromatic carboxylic acids is 1. The standard InChI is InChI=1S/C19H13FN2O2S/c20-14-8-13-10-21-22(18(13)16(9-14)19(23)24)11-15-6-7-17(25-15)12-4-2-1-3-5-12/h1-10H,11H2,(H,23,24). The maximum absolute atomic E-state index is 13.6. The molecule has 0 unspecified atom stereocenters. The SMILES string of the molecule is O=C(O)c1cc(F)cc2cnn(Cc3ccc(-c4ccccc4)s3)c12. The number of carbonyl (C=O) groups is 1. The number of rotatable bonds is 4. The average molecular weight is 352 g/mol. The Morgan fingerprint density at radius 2 is 1.96 bits per heavy atom. The largest absolute Gasteiger partial charge is 0.478 e. The molecule has 124 valence electrons. The number of carboxylic acid groups (broad SMARTS) is 1. The zero-order valence-electron chi connectivity index (χ0n) is 13.0. The number of hydrogen-bond acceptors (Lipinski definition) is 3. The van der Waals surface area contributed by atoms with E-state index in [1.54, 1.807) is 16.0 Å². The van der Waals surface area contributed by atoms with Gasteiger partial charge in [0.2, 0.25) is 0 Å². The summed E-state index contributed by atoms with van der Waals surface area (Å²) in [6, 6.07) is 16.4. The van der Waals surface area contributed by atoms with Gasteiger partial charge in [0.1, 0.15) is 5.82 Å². The highest BCUT2D eigenvalue weighted by molar-refractivity contribution is 7.15. The topological polar surface area (TPSA) is 55.1 Å². The predicted molar refractivity (Wildman–Crippen MR) is 95.5 cm³/mol. The van der Waals surface area contributed by atoms with Gasteiger partial charge in [-0.3, -0.25) is 4.68 Å². The number of thiophene rings is 1. The molecule has 2 aromatic heterocycles. The normalized spacial score (nSPS) is 11.1. The van der Waals surface area contributed by atoms with Crippen molar-refractivity contribution in [3.8, 4) is 10.4 Å². The summed E-state index contributed by atoms with van der Waals surface area (Å²) >= 11 is 1.63. The number of fused-ring (bicyclic) bond motifs is 1. The number of aromatic nitrogens is 2. The Kier molecular flexibility index (Phi) is 3.82. The molecule has 4 aromatic rings. The van der Waals surface area contributed by atoms with E-state index in [2.05, 4.69) is 5.10 Å². The van der Waals surface area contributed by atoms with Gasteiger partial charge in [-0.05, 0) is 29.8 Å². The molecule has 6 heteroatoms. The van der Waals surface area contributed by atoms with E-state index in [0.717, 1.165) is 21.4 Å². The van der Waals surface area contributed by atoms with E-state index in [1.165, 1.54) is 12.3 Å². The maximum atomic E-state index is 13.6. The van der Waals surface area contributed by atoms with E-state index in [-0.39, 0.29) is 5.56 Å². The molecule has 0 aliphatic carbocycles. The first-order chi connectivity index (χ1) is 12.1. The lowest BCUT2D eigenvalue weighted by Gasteiger charge is -2.05. The van der Waals surface area contributed by atoms with Gasteiger partial charge in [-0.25, -0.2) is 9.18 Å². The van der Waals surface area contributed by atoms with Crippen LogP contribution in [0.3, 0.4) is 0 Å². The molecule has 0 radical (unpaired) electrons. The first-order valence-electron chi connectivity index (χ1n) is 7.64. The van der Waals surface area contributed by atoms with Gasteiger partial charge in [0.15, 0.2) is 0 Å². The monoisotopic (exact) mass is 352 g/mol. The van der Waals surface area contributed by atoms with E-state index in [9.17, 15) is 14.3 Å². The molecule has 0 fully saturated rings. The molecule has 25 heavy (non-hydrogen) atoms. The van der Waals surface area contributed by atoms with Gasteiger partial charge in [-0.1, -0.05) is 30.3 Å². The fourth-order valence-corrected chi connectivity index (χ4v) is 3.84. The van der Waals surface area contributed by atoms with Gasteiger partial charge in [0.05, 0.1) is 23.8 Å². The fraction of sp³-hybridized carbons (Fsp3) is 0.0526. The second kappa shape index (κ2) is 6.14. The van der Waals surface area contributed by atoms with Crippen molar-refractivity contribution >= 4 is 28.2 Å². The molecule has 2 aromatic carbocycles. The van der Waals surface area contributed by atoms with Crippen LogP contribution in [0.5, 0.6) is 0 Å². The zero-order valence-corrected chi connectivity index (χ0v) is 13.8. The Morgan fingerprint density at radius 1 is 1.16 bits per heavy atom. The second-order valence-corrected chi connectivity index (χ2v) is 6.80. The van der Waals surface area contributed by atoms with Crippen molar-refractivity contribution in [2.24, 2.45) is 0 Å². The molecule has 2 heterocycles. The zero-order chi connectivity index (χ0) is 17.4. The molecule has 0 amide bonds. The van der Waals surface area contributed by atoms with Crippen molar-refractivity contribution in [3.63, 3.8) is 0 Å². The van der Waals surface area contributed by atoms with E-state index in [1.807, 2.05) is 42.5 Å². The summed E-state index contributed by atoms with van der Waals surface area (Å²) in [5.41, 5.74) is 1.49. The molecule has 0 saturated carbocycles. The van der Waals surface area contributed by atoms with Crippen molar-refractivity contribution in [2.75, 3.05) is 0 Å². The summed E-state index contributed by atoms with van der Waals surface area (Å²) < 4.78 is 15.2. The van der Waals surface area contributed by atoms with Crippen molar-refractivity contribution in [1.82, 2.24) is 9.78 Å². The Labute approximate surface area is 146 Å². The van der Waals surface area contributed by atoms with E-state index in [4.69, 9.17) is 0 Å². The molecule has 4 nitrogen and oxygen atoms in total. The Bertz CT molecular complexity index is 1070. The third-order valence-corrected chi connectivity index (χ3v) is 5.07. The van der Waals surface area contributed by atoms with Gasteiger partial charge < -0.3 is 5.11 Å². The molecule has 0 spiro atoms. The molecule has 1 N–H and O–H groups in total. The Hall–Kier alpha value is -2.99. The lowest BCUT2D eigenvalue weighted by molar-refractivity contribution is 0.0698. The van der Waals surface area contributed by atoms with Gasteiger partial charge in [0.25, 0.3) is 0 Å². The molecular formula is C19H13FN2O2S. The van der Waals surface area contributed by atoms with Crippen LogP contribution in [0.15, 0.2) is 60.8 Å². The van der Waals surface area contributed by atoms with Crippen LogP contribution in [0.2, 0.25) is 0 Å². The van der Waals surface area contributed by atoms with Crippen LogP contribution < -0.4 is 0 Å². The maximum Gasteiger partial charge on any atom is 0.338 e. The van der Waals surface area contributed by atoms with Crippen molar-refractivity contribution < 1.29 is 14.3 Å². The Morgan fingerprint density at radius 3 is 2.72 bits per heavy atom.